The zero-order chi connectivity index (χ0) is 23.3. The number of hydrogen-bond donors (Lipinski definition) is 1. The minimum absolute atomic E-state index is 0.179. The second-order valence-electron chi connectivity index (χ2n) is 8.44. The van der Waals surface area contributed by atoms with Crippen molar-refractivity contribution in [3.63, 3.8) is 0 Å². The van der Waals surface area contributed by atoms with Crippen molar-refractivity contribution in [1.29, 1.82) is 5.26 Å². The quantitative estimate of drug-likeness (QED) is 0.529. The predicted molar refractivity (Wildman–Crippen MR) is 127 cm³/mol. The van der Waals surface area contributed by atoms with E-state index in [1.54, 1.807) is 36.4 Å². The number of amides is 1. The highest BCUT2D eigenvalue weighted by molar-refractivity contribution is 6.30. The van der Waals surface area contributed by atoms with Crippen molar-refractivity contribution >= 4 is 17.5 Å². The van der Waals surface area contributed by atoms with E-state index >= 15 is 0 Å². The Labute approximate surface area is 198 Å². The maximum atomic E-state index is 13.2. The Hall–Kier alpha value is -3.20. The number of hydrogen-bond acceptors (Lipinski definition) is 3. The molecule has 4 nitrogen and oxygen atoms in total. The van der Waals surface area contributed by atoms with Gasteiger partial charge in [0.05, 0.1) is 11.5 Å². The van der Waals surface area contributed by atoms with Crippen molar-refractivity contribution in [1.82, 2.24) is 10.2 Å². The van der Waals surface area contributed by atoms with Gasteiger partial charge in [-0.05, 0) is 65.9 Å². The van der Waals surface area contributed by atoms with Crippen molar-refractivity contribution in [3.8, 4) is 6.07 Å². The second-order valence-corrected chi connectivity index (χ2v) is 8.88. The van der Waals surface area contributed by atoms with E-state index in [-0.39, 0.29) is 11.7 Å². The number of piperidine rings is 1. The van der Waals surface area contributed by atoms with E-state index in [1.165, 1.54) is 12.1 Å². The van der Waals surface area contributed by atoms with E-state index < -0.39 is 5.41 Å². The molecule has 0 bridgehead atoms. The van der Waals surface area contributed by atoms with E-state index in [1.807, 2.05) is 24.3 Å². The molecule has 0 saturated carbocycles. The number of benzene rings is 3. The molecule has 1 aliphatic heterocycles. The van der Waals surface area contributed by atoms with Gasteiger partial charge in [0.25, 0.3) is 5.91 Å². The fourth-order valence-electron chi connectivity index (χ4n) is 4.40. The van der Waals surface area contributed by atoms with E-state index in [0.717, 1.165) is 36.3 Å². The van der Waals surface area contributed by atoms with Gasteiger partial charge in [0.1, 0.15) is 5.82 Å². The van der Waals surface area contributed by atoms with Crippen LogP contribution in [0.5, 0.6) is 0 Å². The summed E-state index contributed by atoms with van der Waals surface area (Å²) in [6.45, 7) is 2.63. The van der Waals surface area contributed by atoms with Crippen molar-refractivity contribution in [2.45, 2.75) is 31.3 Å². The summed E-state index contributed by atoms with van der Waals surface area (Å²) in [6.07, 6.45) is 1.40. The Bertz CT molecular complexity index is 1150. The van der Waals surface area contributed by atoms with Crippen LogP contribution in [0.1, 0.15) is 39.9 Å². The number of nitrogens with one attached hydrogen (secondary N) is 1. The first-order valence-electron chi connectivity index (χ1n) is 11.0. The van der Waals surface area contributed by atoms with Crippen molar-refractivity contribution in [2.24, 2.45) is 0 Å². The first-order valence-corrected chi connectivity index (χ1v) is 11.4. The number of nitriles is 1. The summed E-state index contributed by atoms with van der Waals surface area (Å²) >= 11 is 5.91. The lowest BCUT2D eigenvalue weighted by Crippen LogP contribution is -2.42. The van der Waals surface area contributed by atoms with Crippen LogP contribution >= 0.6 is 11.6 Å². The zero-order valence-corrected chi connectivity index (χ0v) is 19.0. The van der Waals surface area contributed by atoms with E-state index in [4.69, 9.17) is 11.6 Å². The first kappa shape index (κ1) is 23.0. The third kappa shape index (κ3) is 5.42. The molecule has 0 spiro atoms. The van der Waals surface area contributed by atoms with Gasteiger partial charge < -0.3 is 5.32 Å². The normalized spacial score (nSPS) is 15.5. The van der Waals surface area contributed by atoms with Gasteiger partial charge in [-0.2, -0.15) is 5.26 Å². The average molecular weight is 462 g/mol. The lowest BCUT2D eigenvalue weighted by atomic mass is 9.72. The topological polar surface area (TPSA) is 56.1 Å². The maximum Gasteiger partial charge on any atom is 0.251 e. The molecule has 4 rings (SSSR count). The standard InChI is InChI=1S/C27H25ClFN3O/c28-23-9-7-21(8-10-23)26(33)31-17-22-3-1-2-4-25(22)27(19-30)13-15-32(16-14-27)18-20-5-11-24(29)12-6-20/h1-12H,13-18H2,(H,31,33). The second kappa shape index (κ2) is 10.2. The van der Waals surface area contributed by atoms with Gasteiger partial charge in [0, 0.05) is 36.8 Å². The van der Waals surface area contributed by atoms with E-state index in [2.05, 4.69) is 16.3 Å². The van der Waals surface area contributed by atoms with Gasteiger partial charge in [-0.1, -0.05) is 48.0 Å². The number of nitrogens with zero attached hydrogens (tertiary/aromatic N) is 2. The van der Waals surface area contributed by atoms with Crippen LogP contribution in [0.15, 0.2) is 72.8 Å². The van der Waals surface area contributed by atoms with Gasteiger partial charge in [-0.15, -0.1) is 0 Å². The molecule has 0 atom stereocenters. The monoisotopic (exact) mass is 461 g/mol. The molecular formula is C27H25ClFN3O. The molecule has 1 heterocycles. The van der Waals surface area contributed by atoms with Gasteiger partial charge in [0.2, 0.25) is 0 Å². The Kier molecular flexibility index (Phi) is 7.08. The smallest absolute Gasteiger partial charge is 0.251 e. The summed E-state index contributed by atoms with van der Waals surface area (Å²) in [5, 5.41) is 13.7. The summed E-state index contributed by atoms with van der Waals surface area (Å²) < 4.78 is 13.2. The van der Waals surface area contributed by atoms with E-state index in [9.17, 15) is 14.4 Å². The van der Waals surface area contributed by atoms with Crippen molar-refractivity contribution < 1.29 is 9.18 Å². The largest absolute Gasteiger partial charge is 0.348 e. The van der Waals surface area contributed by atoms with Crippen LogP contribution in [0.3, 0.4) is 0 Å². The fraction of sp³-hybridized carbons (Fsp3) is 0.259. The van der Waals surface area contributed by atoms with Gasteiger partial charge in [-0.25, -0.2) is 4.39 Å². The molecule has 1 N–H and O–H groups in total. The molecule has 3 aromatic rings. The van der Waals surface area contributed by atoms with Crippen LogP contribution in [0, 0.1) is 17.1 Å². The van der Waals surface area contributed by atoms with Crippen LogP contribution in [0.25, 0.3) is 0 Å². The van der Waals surface area contributed by atoms with Crippen molar-refractivity contribution in [3.05, 3.63) is 106 Å². The Morgan fingerprint density at radius 2 is 1.70 bits per heavy atom. The lowest BCUT2D eigenvalue weighted by Gasteiger charge is -2.38. The Morgan fingerprint density at radius 1 is 1.03 bits per heavy atom. The minimum Gasteiger partial charge on any atom is -0.348 e. The average Bonchev–Trinajstić information content (AvgIpc) is 2.85. The fourth-order valence-corrected chi connectivity index (χ4v) is 4.53. The minimum atomic E-state index is -0.596. The summed E-state index contributed by atoms with van der Waals surface area (Å²) in [6, 6.07) is 23.8. The lowest BCUT2D eigenvalue weighted by molar-refractivity contribution is 0.0950. The molecule has 0 unspecified atom stereocenters. The van der Waals surface area contributed by atoms with Crippen LogP contribution in [-0.2, 0) is 18.5 Å². The molecule has 0 radical (unpaired) electrons. The summed E-state index contributed by atoms with van der Waals surface area (Å²) in [4.78, 5) is 14.9. The van der Waals surface area contributed by atoms with Crippen molar-refractivity contribution in [2.75, 3.05) is 13.1 Å². The van der Waals surface area contributed by atoms with Gasteiger partial charge in [0.15, 0.2) is 0 Å². The SMILES string of the molecule is N#CC1(c2ccccc2CNC(=O)c2ccc(Cl)cc2)CCN(Cc2ccc(F)cc2)CC1. The summed E-state index contributed by atoms with van der Waals surface area (Å²) in [5.41, 5.74) is 2.94. The van der Waals surface area contributed by atoms with Gasteiger partial charge >= 0.3 is 0 Å². The highest BCUT2D eigenvalue weighted by atomic mass is 35.5. The number of rotatable bonds is 6. The summed E-state index contributed by atoms with van der Waals surface area (Å²) in [5.74, 6) is -0.415. The molecule has 6 heteroatoms. The number of likely N-dealkylation sites (tertiary alicyclic amines) is 1. The number of carbonyl (C=O) groups excluding carboxylic acids is 1. The Morgan fingerprint density at radius 3 is 2.36 bits per heavy atom. The maximum absolute atomic E-state index is 13.2. The molecular weight excluding hydrogens is 437 g/mol. The molecule has 1 aliphatic rings. The molecule has 1 saturated heterocycles. The molecule has 1 fully saturated rings. The number of halogens is 2. The molecule has 33 heavy (non-hydrogen) atoms. The highest BCUT2D eigenvalue weighted by Gasteiger charge is 2.37. The predicted octanol–water partition coefficient (Wildman–Crippen LogP) is 5.47. The van der Waals surface area contributed by atoms with Crippen LogP contribution in [-0.4, -0.2) is 23.9 Å². The third-order valence-electron chi connectivity index (χ3n) is 6.32. The Balaban J connectivity index is 1.44. The molecule has 1 amide bonds. The first-order chi connectivity index (χ1) is 16.0. The van der Waals surface area contributed by atoms with Crippen LogP contribution < -0.4 is 5.32 Å². The number of carbonyl (C=O) groups is 1. The molecule has 3 aromatic carbocycles. The van der Waals surface area contributed by atoms with Crippen LogP contribution in [0.2, 0.25) is 5.02 Å². The molecule has 0 aromatic heterocycles. The van der Waals surface area contributed by atoms with Gasteiger partial charge in [-0.3, -0.25) is 9.69 Å². The van der Waals surface area contributed by atoms with Crippen LogP contribution in [0.4, 0.5) is 4.39 Å². The summed E-state index contributed by atoms with van der Waals surface area (Å²) in [7, 11) is 0. The highest BCUT2D eigenvalue weighted by Crippen LogP contribution is 2.37. The third-order valence-corrected chi connectivity index (χ3v) is 6.57. The zero-order valence-electron chi connectivity index (χ0n) is 18.2. The molecule has 0 aliphatic carbocycles. The van der Waals surface area contributed by atoms with E-state index in [0.29, 0.717) is 30.0 Å². The molecule has 168 valence electrons.